The zero-order valence-corrected chi connectivity index (χ0v) is 14.4. The molecule has 7 heteroatoms. The van der Waals surface area contributed by atoms with Crippen LogP contribution < -0.4 is 0 Å². The van der Waals surface area contributed by atoms with Gasteiger partial charge in [0.2, 0.25) is 0 Å². The van der Waals surface area contributed by atoms with Gasteiger partial charge in [-0.3, -0.25) is 9.59 Å². The second-order valence-corrected chi connectivity index (χ2v) is 6.76. The Labute approximate surface area is 149 Å². The fraction of sp³-hybridized carbons (Fsp3) is 0.333. The zero-order valence-electron chi connectivity index (χ0n) is 13.6. The predicted molar refractivity (Wildman–Crippen MR) is 92.4 cm³/mol. The maximum Gasteiger partial charge on any atom is 0.410 e. The average Bonchev–Trinajstić information content (AvgIpc) is 3.17. The monoisotopic (exact) mass is 358 g/mol. The largest absolute Gasteiger partial charge is 0.445 e. The minimum atomic E-state index is -0.491. The van der Waals surface area contributed by atoms with Crippen molar-refractivity contribution in [2.45, 2.75) is 19.4 Å². The molecule has 1 aliphatic heterocycles. The van der Waals surface area contributed by atoms with E-state index in [2.05, 4.69) is 4.98 Å². The lowest BCUT2D eigenvalue weighted by atomic mass is 9.92. The minimum absolute atomic E-state index is 0.0111. The lowest BCUT2D eigenvalue weighted by Crippen LogP contribution is -2.44. The number of hydrogen-bond donors (Lipinski definition) is 0. The fourth-order valence-corrected chi connectivity index (χ4v) is 3.32. The van der Waals surface area contributed by atoms with Crippen LogP contribution in [-0.2, 0) is 16.1 Å². The summed E-state index contributed by atoms with van der Waals surface area (Å²) in [4.78, 5) is 42.0. The number of thiazole rings is 1. The molecule has 1 aromatic heterocycles. The Morgan fingerprint density at radius 1 is 1.28 bits per heavy atom. The minimum Gasteiger partial charge on any atom is -0.445 e. The number of benzene rings is 1. The Kier molecular flexibility index (Phi) is 5.55. The molecule has 1 atom stereocenters. The summed E-state index contributed by atoms with van der Waals surface area (Å²) in [6.07, 6.45) is 1.43. The van der Waals surface area contributed by atoms with Crippen molar-refractivity contribution >= 4 is 29.0 Å². The molecule has 1 unspecified atom stereocenters. The van der Waals surface area contributed by atoms with Crippen molar-refractivity contribution in [3.63, 3.8) is 0 Å². The van der Waals surface area contributed by atoms with Crippen LogP contribution in [0.5, 0.6) is 0 Å². The number of aromatic nitrogens is 1. The first kappa shape index (κ1) is 17.3. The number of nitrogens with zero attached hydrogens (tertiary/aromatic N) is 2. The third kappa shape index (κ3) is 4.51. The molecule has 1 aliphatic rings. The average molecular weight is 358 g/mol. The van der Waals surface area contributed by atoms with E-state index in [4.69, 9.17) is 4.74 Å². The molecule has 0 N–H and O–H groups in total. The molecule has 1 aromatic carbocycles. The van der Waals surface area contributed by atoms with Crippen molar-refractivity contribution in [1.29, 1.82) is 0 Å². The molecule has 25 heavy (non-hydrogen) atoms. The van der Waals surface area contributed by atoms with Gasteiger partial charge in [-0.05, 0) is 5.56 Å². The smallest absolute Gasteiger partial charge is 0.410 e. The Morgan fingerprint density at radius 3 is 2.80 bits per heavy atom. The van der Waals surface area contributed by atoms with Crippen LogP contribution in [0.4, 0.5) is 4.79 Å². The first-order valence-corrected chi connectivity index (χ1v) is 8.92. The van der Waals surface area contributed by atoms with Crippen molar-refractivity contribution in [3.05, 3.63) is 52.5 Å². The molecule has 3 rings (SSSR count). The Bertz CT molecular complexity index is 746. The number of ether oxygens (including phenoxy) is 1. The van der Waals surface area contributed by atoms with Crippen molar-refractivity contribution in [1.82, 2.24) is 9.88 Å². The molecule has 1 amide bonds. The van der Waals surface area contributed by atoms with Gasteiger partial charge in [-0.25, -0.2) is 9.78 Å². The van der Waals surface area contributed by atoms with E-state index >= 15 is 0 Å². The Hall–Kier alpha value is -2.54. The van der Waals surface area contributed by atoms with Gasteiger partial charge in [0.1, 0.15) is 12.4 Å². The van der Waals surface area contributed by atoms with E-state index in [0.29, 0.717) is 11.6 Å². The van der Waals surface area contributed by atoms with Gasteiger partial charge in [0, 0.05) is 43.4 Å². The summed E-state index contributed by atoms with van der Waals surface area (Å²) in [5.41, 5.74) is 0.902. The predicted octanol–water partition coefficient (Wildman–Crippen LogP) is 2.94. The molecule has 2 aromatic rings. The van der Waals surface area contributed by atoms with Gasteiger partial charge in [0.05, 0.1) is 0 Å². The number of likely N-dealkylation sites (tertiary alicyclic amines) is 1. The number of hydrogen-bond acceptors (Lipinski definition) is 6. The van der Waals surface area contributed by atoms with Gasteiger partial charge in [0.25, 0.3) is 0 Å². The van der Waals surface area contributed by atoms with E-state index in [0.717, 1.165) is 5.56 Å². The quantitative estimate of drug-likeness (QED) is 0.768. The van der Waals surface area contributed by atoms with Crippen molar-refractivity contribution in [2.24, 2.45) is 5.92 Å². The van der Waals surface area contributed by atoms with Gasteiger partial charge in [-0.15, -0.1) is 11.3 Å². The van der Waals surface area contributed by atoms with Crippen LogP contribution >= 0.6 is 11.3 Å². The summed E-state index contributed by atoms with van der Waals surface area (Å²) in [5.74, 6) is -0.640. The number of carbonyl (C=O) groups excluding carboxylic acids is 3. The van der Waals surface area contributed by atoms with Crippen LogP contribution in [-0.4, -0.2) is 40.6 Å². The van der Waals surface area contributed by atoms with Crippen LogP contribution in [0.1, 0.15) is 28.2 Å². The molecule has 2 heterocycles. The first-order valence-electron chi connectivity index (χ1n) is 8.04. The van der Waals surface area contributed by atoms with E-state index in [1.165, 1.54) is 16.2 Å². The SMILES string of the molecule is O=C(CC1CN(C(=O)OCc2ccccc2)CCC1=O)c1nccs1. The number of rotatable bonds is 5. The third-order valence-corrected chi connectivity index (χ3v) is 4.90. The highest BCUT2D eigenvalue weighted by Gasteiger charge is 2.32. The lowest BCUT2D eigenvalue weighted by Gasteiger charge is -2.30. The normalized spacial score (nSPS) is 17.4. The fourth-order valence-electron chi connectivity index (χ4n) is 2.74. The van der Waals surface area contributed by atoms with Gasteiger partial charge in [0.15, 0.2) is 10.8 Å². The Morgan fingerprint density at radius 2 is 2.08 bits per heavy atom. The van der Waals surface area contributed by atoms with Gasteiger partial charge in [-0.1, -0.05) is 30.3 Å². The summed E-state index contributed by atoms with van der Waals surface area (Å²) in [6.45, 7) is 0.727. The van der Waals surface area contributed by atoms with Crippen LogP contribution in [0.15, 0.2) is 41.9 Å². The number of Topliss-reactive ketones (excluding diaryl/α,β-unsaturated/α-hetero) is 2. The van der Waals surface area contributed by atoms with Crippen LogP contribution in [0.3, 0.4) is 0 Å². The lowest BCUT2D eigenvalue weighted by molar-refractivity contribution is -0.125. The summed E-state index contributed by atoms with van der Waals surface area (Å²) in [7, 11) is 0. The molecule has 6 nitrogen and oxygen atoms in total. The summed E-state index contributed by atoms with van der Waals surface area (Å²) in [6, 6.07) is 9.41. The summed E-state index contributed by atoms with van der Waals surface area (Å²) in [5, 5.41) is 2.12. The van der Waals surface area contributed by atoms with E-state index in [1.807, 2.05) is 30.3 Å². The molecule has 0 aliphatic carbocycles. The van der Waals surface area contributed by atoms with Crippen molar-refractivity contribution < 1.29 is 19.1 Å². The first-order chi connectivity index (χ1) is 12.1. The third-order valence-electron chi connectivity index (χ3n) is 4.09. The molecule has 1 saturated heterocycles. The number of amides is 1. The standard InChI is InChI=1S/C18H18N2O4S/c21-15-6-8-20(18(23)24-12-13-4-2-1-3-5-13)11-14(15)10-16(22)17-19-7-9-25-17/h1-5,7,9,14H,6,8,10-12H2. The second kappa shape index (κ2) is 8.02. The van der Waals surface area contributed by atoms with Gasteiger partial charge >= 0.3 is 6.09 Å². The van der Waals surface area contributed by atoms with E-state index in [9.17, 15) is 14.4 Å². The molecule has 130 valence electrons. The van der Waals surface area contributed by atoms with Crippen molar-refractivity contribution in [3.8, 4) is 0 Å². The topological polar surface area (TPSA) is 76.6 Å². The maximum atomic E-state index is 12.2. The van der Waals surface area contributed by atoms with E-state index < -0.39 is 12.0 Å². The molecule has 0 spiro atoms. The number of piperidine rings is 1. The summed E-state index contributed by atoms with van der Waals surface area (Å²) >= 11 is 1.26. The highest BCUT2D eigenvalue weighted by atomic mass is 32.1. The maximum absolute atomic E-state index is 12.2. The number of carbonyl (C=O) groups is 3. The van der Waals surface area contributed by atoms with Crippen LogP contribution in [0.2, 0.25) is 0 Å². The van der Waals surface area contributed by atoms with Crippen LogP contribution in [0, 0.1) is 5.92 Å². The second-order valence-electron chi connectivity index (χ2n) is 5.86. The number of ketones is 2. The molecule has 0 bridgehead atoms. The zero-order chi connectivity index (χ0) is 17.6. The molecule has 0 radical (unpaired) electrons. The molecular weight excluding hydrogens is 340 g/mol. The highest BCUT2D eigenvalue weighted by Crippen LogP contribution is 2.20. The van der Waals surface area contributed by atoms with Gasteiger partial charge < -0.3 is 9.64 Å². The Balaban J connectivity index is 1.55. The molecule has 1 fully saturated rings. The molecular formula is C18H18N2O4S. The van der Waals surface area contributed by atoms with Crippen LogP contribution in [0.25, 0.3) is 0 Å². The molecule has 0 saturated carbocycles. The van der Waals surface area contributed by atoms with E-state index in [-0.39, 0.29) is 37.6 Å². The van der Waals surface area contributed by atoms with Gasteiger partial charge in [-0.2, -0.15) is 0 Å². The van der Waals surface area contributed by atoms with Crippen molar-refractivity contribution in [2.75, 3.05) is 13.1 Å². The van der Waals surface area contributed by atoms with E-state index in [1.54, 1.807) is 11.6 Å². The highest BCUT2D eigenvalue weighted by molar-refractivity contribution is 7.11. The summed E-state index contributed by atoms with van der Waals surface area (Å²) < 4.78 is 5.31.